The molecule has 0 unspecified atom stereocenters. The van der Waals surface area contributed by atoms with Gasteiger partial charge in [0.05, 0.1) is 12.0 Å². The molecule has 182 valence electrons. The summed E-state index contributed by atoms with van der Waals surface area (Å²) in [5.74, 6) is 1.45. The Balaban J connectivity index is 1.59. The van der Waals surface area contributed by atoms with Gasteiger partial charge < -0.3 is 9.64 Å². The largest absolute Gasteiger partial charge is 0.497 e. The third kappa shape index (κ3) is 5.58. The van der Waals surface area contributed by atoms with E-state index in [1.54, 1.807) is 26.2 Å². The predicted octanol–water partition coefficient (Wildman–Crippen LogP) is 5.00. The van der Waals surface area contributed by atoms with Crippen LogP contribution >= 0.6 is 0 Å². The minimum Gasteiger partial charge on any atom is -0.497 e. The fourth-order valence-electron chi connectivity index (χ4n) is 5.77. The van der Waals surface area contributed by atoms with Crippen LogP contribution in [0.3, 0.4) is 0 Å². The average Bonchev–Trinajstić information content (AvgIpc) is 3.25. The SMILES string of the molecule is COc1cccc([C@H]2CN(Cc3ccccc3[N+](=O)[O-])C[C@H]2CN(C(C)=O)C2CCCCC2)c1. The minimum atomic E-state index is -0.303. The number of carbonyl (C=O) groups is 1. The number of amides is 1. The van der Waals surface area contributed by atoms with Gasteiger partial charge in [0.2, 0.25) is 5.91 Å². The van der Waals surface area contributed by atoms with Crippen LogP contribution < -0.4 is 4.74 Å². The fourth-order valence-corrected chi connectivity index (χ4v) is 5.77. The van der Waals surface area contributed by atoms with Gasteiger partial charge in [-0.05, 0) is 36.5 Å². The molecule has 1 aliphatic carbocycles. The van der Waals surface area contributed by atoms with Crippen molar-refractivity contribution >= 4 is 11.6 Å². The zero-order valence-corrected chi connectivity index (χ0v) is 20.2. The molecule has 0 N–H and O–H groups in total. The van der Waals surface area contributed by atoms with E-state index in [2.05, 4.69) is 21.9 Å². The Kier molecular flexibility index (Phi) is 7.83. The van der Waals surface area contributed by atoms with E-state index in [0.717, 1.165) is 43.8 Å². The lowest BCUT2D eigenvalue weighted by molar-refractivity contribution is -0.385. The highest BCUT2D eigenvalue weighted by atomic mass is 16.6. The first-order chi connectivity index (χ1) is 16.5. The third-order valence-electron chi connectivity index (χ3n) is 7.47. The van der Waals surface area contributed by atoms with E-state index in [1.165, 1.54) is 24.8 Å². The van der Waals surface area contributed by atoms with Crippen LogP contribution in [0.2, 0.25) is 0 Å². The molecular weight excluding hydrogens is 430 g/mol. The fraction of sp³-hybridized carbons (Fsp3) is 0.519. The first-order valence-corrected chi connectivity index (χ1v) is 12.3. The van der Waals surface area contributed by atoms with Crippen LogP contribution in [0.15, 0.2) is 48.5 Å². The van der Waals surface area contributed by atoms with Gasteiger partial charge in [0, 0.05) is 56.7 Å². The van der Waals surface area contributed by atoms with Crippen molar-refractivity contribution in [1.82, 2.24) is 9.80 Å². The topological polar surface area (TPSA) is 75.9 Å². The van der Waals surface area contributed by atoms with Gasteiger partial charge in [-0.15, -0.1) is 0 Å². The van der Waals surface area contributed by atoms with Gasteiger partial charge in [-0.2, -0.15) is 0 Å². The molecule has 1 saturated carbocycles. The van der Waals surface area contributed by atoms with Gasteiger partial charge in [0.25, 0.3) is 5.69 Å². The summed E-state index contributed by atoms with van der Waals surface area (Å²) in [6.45, 7) is 4.52. The number of methoxy groups -OCH3 is 1. The van der Waals surface area contributed by atoms with E-state index < -0.39 is 0 Å². The van der Waals surface area contributed by atoms with Crippen LogP contribution in [0.4, 0.5) is 5.69 Å². The zero-order chi connectivity index (χ0) is 24.1. The number of nitro benzene ring substituents is 1. The van der Waals surface area contributed by atoms with E-state index in [1.807, 2.05) is 24.3 Å². The van der Waals surface area contributed by atoms with Gasteiger partial charge in [-0.3, -0.25) is 19.8 Å². The molecular formula is C27H35N3O4. The number of benzene rings is 2. The quantitative estimate of drug-likeness (QED) is 0.405. The highest BCUT2D eigenvalue weighted by molar-refractivity contribution is 5.73. The van der Waals surface area contributed by atoms with Crippen LogP contribution in [0.5, 0.6) is 5.75 Å². The number of ether oxygens (including phenoxy) is 1. The highest BCUT2D eigenvalue weighted by Gasteiger charge is 2.37. The highest BCUT2D eigenvalue weighted by Crippen LogP contribution is 2.37. The molecule has 4 rings (SSSR count). The molecule has 0 spiro atoms. The normalized spacial score (nSPS) is 21.4. The Bertz CT molecular complexity index is 1000. The molecule has 7 heteroatoms. The number of likely N-dealkylation sites (tertiary alicyclic amines) is 1. The number of para-hydroxylation sites is 1. The summed E-state index contributed by atoms with van der Waals surface area (Å²) in [5, 5.41) is 11.5. The summed E-state index contributed by atoms with van der Waals surface area (Å²) < 4.78 is 5.48. The molecule has 1 saturated heterocycles. The van der Waals surface area contributed by atoms with Crippen LogP contribution in [0, 0.1) is 16.0 Å². The van der Waals surface area contributed by atoms with Gasteiger partial charge in [0.1, 0.15) is 5.75 Å². The lowest BCUT2D eigenvalue weighted by Gasteiger charge is -2.36. The van der Waals surface area contributed by atoms with Crippen LogP contribution in [-0.4, -0.2) is 53.4 Å². The Hall–Kier alpha value is -2.93. The number of hydrogen-bond acceptors (Lipinski definition) is 5. The Morgan fingerprint density at radius 3 is 2.59 bits per heavy atom. The van der Waals surface area contributed by atoms with E-state index in [9.17, 15) is 14.9 Å². The first kappa shape index (κ1) is 24.2. The monoisotopic (exact) mass is 465 g/mol. The van der Waals surface area contributed by atoms with E-state index >= 15 is 0 Å². The molecule has 2 fully saturated rings. The van der Waals surface area contributed by atoms with Gasteiger partial charge in [-0.25, -0.2) is 0 Å². The molecule has 7 nitrogen and oxygen atoms in total. The van der Waals surface area contributed by atoms with Crippen LogP contribution in [-0.2, 0) is 11.3 Å². The lowest BCUT2D eigenvalue weighted by Crippen LogP contribution is -2.44. The Labute approximate surface area is 201 Å². The molecule has 2 aromatic carbocycles. The molecule has 2 atom stereocenters. The molecule has 0 radical (unpaired) electrons. The standard InChI is InChI=1S/C27H35N3O4/c1-20(31)29(24-11-4-3-5-12-24)18-23-17-28(16-22-9-6-7-14-27(22)30(32)33)19-26(23)21-10-8-13-25(15-21)34-2/h6-10,13-15,23-24,26H,3-5,11-12,16-19H2,1-2H3/t23-,26+/m0/s1. The van der Waals surface area contributed by atoms with Crippen molar-refractivity contribution < 1.29 is 14.5 Å². The second-order valence-corrected chi connectivity index (χ2v) is 9.69. The van der Waals surface area contributed by atoms with E-state index in [0.29, 0.717) is 12.6 Å². The summed E-state index contributed by atoms with van der Waals surface area (Å²) >= 11 is 0. The molecule has 0 aromatic heterocycles. The maximum absolute atomic E-state index is 12.7. The number of hydrogen-bond donors (Lipinski definition) is 0. The maximum atomic E-state index is 12.7. The van der Waals surface area contributed by atoms with Crippen molar-refractivity contribution in [3.05, 3.63) is 69.8 Å². The van der Waals surface area contributed by atoms with Gasteiger partial charge in [-0.1, -0.05) is 49.6 Å². The van der Waals surface area contributed by atoms with Crippen molar-refractivity contribution in [3.63, 3.8) is 0 Å². The second-order valence-electron chi connectivity index (χ2n) is 9.69. The Morgan fingerprint density at radius 1 is 1.12 bits per heavy atom. The average molecular weight is 466 g/mol. The maximum Gasteiger partial charge on any atom is 0.273 e. The number of carbonyl (C=O) groups excluding carboxylic acids is 1. The molecule has 2 aliphatic rings. The summed E-state index contributed by atoms with van der Waals surface area (Å²) in [5.41, 5.74) is 2.09. The van der Waals surface area contributed by atoms with Crippen LogP contribution in [0.25, 0.3) is 0 Å². The molecule has 1 amide bonds. The summed E-state index contributed by atoms with van der Waals surface area (Å²) in [6, 6.07) is 15.5. The van der Waals surface area contributed by atoms with E-state index in [4.69, 9.17) is 4.74 Å². The molecule has 1 aliphatic heterocycles. The van der Waals surface area contributed by atoms with Crippen molar-refractivity contribution in [2.75, 3.05) is 26.7 Å². The molecule has 2 aromatic rings. The van der Waals surface area contributed by atoms with Crippen LogP contribution in [0.1, 0.15) is 56.1 Å². The summed E-state index contributed by atoms with van der Waals surface area (Å²) in [6.07, 6.45) is 5.78. The van der Waals surface area contributed by atoms with Gasteiger partial charge in [0.15, 0.2) is 0 Å². The first-order valence-electron chi connectivity index (χ1n) is 12.3. The van der Waals surface area contributed by atoms with Crippen molar-refractivity contribution in [2.45, 2.75) is 57.5 Å². The van der Waals surface area contributed by atoms with Crippen molar-refractivity contribution in [2.24, 2.45) is 5.92 Å². The number of rotatable bonds is 8. The predicted molar refractivity (Wildman–Crippen MR) is 132 cm³/mol. The van der Waals surface area contributed by atoms with Gasteiger partial charge >= 0.3 is 0 Å². The third-order valence-corrected chi connectivity index (χ3v) is 7.47. The summed E-state index contributed by atoms with van der Waals surface area (Å²) in [4.78, 5) is 28.3. The number of nitrogens with zero attached hydrogens (tertiary/aromatic N) is 3. The number of nitro groups is 1. The van der Waals surface area contributed by atoms with Crippen molar-refractivity contribution in [3.8, 4) is 5.75 Å². The van der Waals surface area contributed by atoms with Crippen molar-refractivity contribution in [1.29, 1.82) is 0 Å². The Morgan fingerprint density at radius 2 is 1.88 bits per heavy atom. The second kappa shape index (κ2) is 11.0. The minimum absolute atomic E-state index is 0.147. The molecule has 34 heavy (non-hydrogen) atoms. The smallest absolute Gasteiger partial charge is 0.273 e. The molecule has 0 bridgehead atoms. The van der Waals surface area contributed by atoms with E-state index in [-0.39, 0.29) is 28.4 Å². The summed E-state index contributed by atoms with van der Waals surface area (Å²) in [7, 11) is 1.67. The zero-order valence-electron chi connectivity index (χ0n) is 20.2. The lowest BCUT2D eigenvalue weighted by atomic mass is 9.87. The molecule has 1 heterocycles.